The number of anilines is 1. The van der Waals surface area contributed by atoms with E-state index in [-0.39, 0.29) is 12.5 Å². The monoisotopic (exact) mass is 484 g/mol. The number of esters is 1. The molecule has 0 bridgehead atoms. The summed E-state index contributed by atoms with van der Waals surface area (Å²) >= 11 is 0. The second-order valence-electron chi connectivity index (χ2n) is 9.01. The molecular weight excluding hydrogens is 452 g/mol. The van der Waals surface area contributed by atoms with Crippen LogP contribution in [0.15, 0.2) is 65.4 Å². The molecule has 0 N–H and O–H groups in total. The van der Waals surface area contributed by atoms with Crippen molar-refractivity contribution in [1.82, 2.24) is 4.57 Å². The second-order valence-corrected chi connectivity index (χ2v) is 9.01. The van der Waals surface area contributed by atoms with Crippen LogP contribution in [0.1, 0.15) is 41.9 Å². The average molecular weight is 485 g/mol. The summed E-state index contributed by atoms with van der Waals surface area (Å²) in [6.45, 7) is 11.8. The van der Waals surface area contributed by atoms with Gasteiger partial charge in [-0.05, 0) is 107 Å². The Morgan fingerprint density at radius 1 is 0.917 bits per heavy atom. The fourth-order valence-corrected chi connectivity index (χ4v) is 4.67. The van der Waals surface area contributed by atoms with Crippen molar-refractivity contribution in [3.63, 3.8) is 0 Å². The highest BCUT2D eigenvalue weighted by molar-refractivity contribution is 6.23. The van der Waals surface area contributed by atoms with Gasteiger partial charge in [0, 0.05) is 28.5 Å². The van der Waals surface area contributed by atoms with Crippen LogP contribution in [0.3, 0.4) is 0 Å². The predicted octanol–water partition coefficient (Wildman–Crippen LogP) is 5.99. The Balaban J connectivity index is 1.83. The van der Waals surface area contributed by atoms with E-state index in [2.05, 4.69) is 4.57 Å². The Bertz CT molecular complexity index is 1410. The van der Waals surface area contributed by atoms with Crippen molar-refractivity contribution in [1.29, 1.82) is 0 Å². The number of carbonyl (C=O) groups is 2. The van der Waals surface area contributed by atoms with Gasteiger partial charge in [0.25, 0.3) is 5.91 Å². The fourth-order valence-electron chi connectivity index (χ4n) is 4.67. The lowest BCUT2D eigenvalue weighted by atomic mass is 10.0. The van der Waals surface area contributed by atoms with Gasteiger partial charge in [-0.15, -0.1) is 0 Å². The second kappa shape index (κ2) is 9.90. The molecule has 0 unspecified atom stereocenters. The zero-order chi connectivity index (χ0) is 26.1. The first-order chi connectivity index (χ1) is 17.2. The normalized spacial score (nSPS) is 14.7. The minimum atomic E-state index is -0.495. The van der Waals surface area contributed by atoms with Crippen LogP contribution in [0.5, 0.6) is 5.75 Å². The summed E-state index contributed by atoms with van der Waals surface area (Å²) < 4.78 is 12.8. The first-order valence-electron chi connectivity index (χ1n) is 12.0. The molecule has 6 heteroatoms. The Labute approximate surface area is 212 Å². The first-order valence-corrected chi connectivity index (χ1v) is 12.0. The smallest absolute Gasteiger partial charge is 0.340 e. The van der Waals surface area contributed by atoms with Crippen LogP contribution in [0.2, 0.25) is 0 Å². The zero-order valence-corrected chi connectivity index (χ0v) is 21.9. The van der Waals surface area contributed by atoms with E-state index >= 15 is 0 Å². The number of hydrogen-bond donors (Lipinski definition) is 0. The highest BCUT2D eigenvalue weighted by Crippen LogP contribution is 2.37. The fraction of sp³-hybridized carbons (Fsp3) is 0.267. The number of methoxy groups -OCH3 is 1. The van der Waals surface area contributed by atoms with Crippen LogP contribution in [-0.4, -0.2) is 30.2 Å². The van der Waals surface area contributed by atoms with Gasteiger partial charge in [0.2, 0.25) is 0 Å². The number of aryl methyl sites for hydroxylation is 3. The number of allylic oxidation sites excluding steroid dienone is 1. The number of carbonyl (C=O) groups excluding carboxylic acids is 2. The molecule has 1 aliphatic rings. The molecule has 36 heavy (non-hydrogen) atoms. The van der Waals surface area contributed by atoms with Gasteiger partial charge in [-0.25, -0.2) is 4.79 Å². The third-order valence-electron chi connectivity index (χ3n) is 6.73. The van der Waals surface area contributed by atoms with Gasteiger partial charge in [0.1, 0.15) is 5.75 Å². The van der Waals surface area contributed by atoms with E-state index in [1.54, 1.807) is 25.9 Å². The van der Waals surface area contributed by atoms with Crippen molar-refractivity contribution in [2.75, 3.05) is 18.6 Å². The van der Waals surface area contributed by atoms with E-state index in [1.165, 1.54) is 0 Å². The summed E-state index contributed by atoms with van der Waals surface area (Å²) in [7, 11) is 1.64. The minimum Gasteiger partial charge on any atom is -0.497 e. The summed E-state index contributed by atoms with van der Waals surface area (Å²) in [6.07, 6.45) is 1.81. The molecule has 1 aliphatic heterocycles. The molecule has 0 radical (unpaired) electrons. The van der Waals surface area contributed by atoms with Crippen LogP contribution in [0, 0.1) is 27.7 Å². The third-order valence-corrected chi connectivity index (χ3v) is 6.73. The van der Waals surface area contributed by atoms with Crippen molar-refractivity contribution in [2.24, 2.45) is 0 Å². The Hall–Kier alpha value is -4.06. The van der Waals surface area contributed by atoms with Gasteiger partial charge in [-0.3, -0.25) is 9.69 Å². The molecule has 0 spiro atoms. The van der Waals surface area contributed by atoms with E-state index in [4.69, 9.17) is 9.47 Å². The van der Waals surface area contributed by atoms with Gasteiger partial charge in [0.05, 0.1) is 24.9 Å². The van der Waals surface area contributed by atoms with Gasteiger partial charge in [-0.1, -0.05) is 6.07 Å². The van der Waals surface area contributed by atoms with E-state index in [0.29, 0.717) is 16.8 Å². The number of benzene rings is 2. The van der Waals surface area contributed by atoms with Crippen molar-refractivity contribution in [2.45, 2.75) is 41.5 Å². The predicted molar refractivity (Wildman–Crippen MR) is 143 cm³/mol. The lowest BCUT2D eigenvalue weighted by molar-refractivity contribution is -0.138. The molecule has 1 aromatic heterocycles. The topological polar surface area (TPSA) is 60.8 Å². The first kappa shape index (κ1) is 25.0. The number of hydrogen-bond acceptors (Lipinski definition) is 4. The number of ether oxygens (including phenoxy) is 2. The maximum atomic E-state index is 13.8. The summed E-state index contributed by atoms with van der Waals surface area (Å²) in [5, 5.41) is 0. The zero-order valence-electron chi connectivity index (χ0n) is 21.9. The summed E-state index contributed by atoms with van der Waals surface area (Å²) in [5.74, 6) is 0.0455. The summed E-state index contributed by atoms with van der Waals surface area (Å²) in [5.41, 5.74) is 7.97. The van der Waals surface area contributed by atoms with Crippen LogP contribution in [-0.2, 0) is 14.3 Å². The summed E-state index contributed by atoms with van der Waals surface area (Å²) in [6, 6.07) is 15.7. The highest BCUT2D eigenvalue weighted by Gasteiger charge is 2.38. The Morgan fingerprint density at radius 3 is 2.19 bits per heavy atom. The average Bonchev–Trinajstić information content (AvgIpc) is 3.27. The molecule has 0 fully saturated rings. The van der Waals surface area contributed by atoms with Gasteiger partial charge in [-0.2, -0.15) is 0 Å². The molecule has 6 nitrogen and oxygen atoms in total. The van der Waals surface area contributed by atoms with Crippen molar-refractivity contribution >= 4 is 23.6 Å². The van der Waals surface area contributed by atoms with Gasteiger partial charge < -0.3 is 14.0 Å². The standard InChI is InChI=1S/C30H32N2O4/c1-8-36-30(34)28-22(6)32(25-10-9-18(2)19(3)15-25)29(33)27(28)17-23-16-20(4)31(21(23)5)24-11-13-26(35-7)14-12-24/h9-17H,8H2,1-7H3. The minimum absolute atomic E-state index is 0.229. The maximum absolute atomic E-state index is 13.8. The molecule has 0 aliphatic carbocycles. The SMILES string of the molecule is CCOC(=O)C1=C(C)N(c2ccc(C)c(C)c2)C(=O)C1=Cc1cc(C)n(-c2ccc(OC)cc2)c1C. The van der Waals surface area contributed by atoms with Crippen LogP contribution >= 0.6 is 0 Å². The molecule has 0 saturated heterocycles. The van der Waals surface area contributed by atoms with Crippen LogP contribution in [0.4, 0.5) is 5.69 Å². The largest absolute Gasteiger partial charge is 0.497 e. The lowest BCUT2D eigenvalue weighted by Crippen LogP contribution is -2.24. The molecule has 0 saturated carbocycles. The molecule has 3 aromatic rings. The third kappa shape index (κ3) is 4.35. The Kier molecular flexibility index (Phi) is 6.88. The number of aromatic nitrogens is 1. The van der Waals surface area contributed by atoms with E-state index in [0.717, 1.165) is 45.2 Å². The van der Waals surface area contributed by atoms with Crippen molar-refractivity contribution in [3.8, 4) is 11.4 Å². The number of amides is 1. The summed E-state index contributed by atoms with van der Waals surface area (Å²) in [4.78, 5) is 28.4. The lowest BCUT2D eigenvalue weighted by Gasteiger charge is -2.19. The molecule has 2 aromatic carbocycles. The Morgan fingerprint density at radius 2 is 1.58 bits per heavy atom. The highest BCUT2D eigenvalue weighted by atomic mass is 16.5. The van der Waals surface area contributed by atoms with Crippen molar-refractivity contribution < 1.29 is 19.1 Å². The molecule has 0 atom stereocenters. The van der Waals surface area contributed by atoms with E-state index in [9.17, 15) is 9.59 Å². The van der Waals surface area contributed by atoms with Gasteiger partial charge >= 0.3 is 5.97 Å². The quantitative estimate of drug-likeness (QED) is 0.319. The number of rotatable bonds is 6. The molecule has 4 rings (SSSR count). The van der Waals surface area contributed by atoms with Crippen LogP contribution < -0.4 is 9.64 Å². The van der Waals surface area contributed by atoms with E-state index in [1.807, 2.05) is 82.3 Å². The molecular formula is C30H32N2O4. The number of nitrogens with zero attached hydrogens (tertiary/aromatic N) is 2. The molecule has 1 amide bonds. The maximum Gasteiger partial charge on any atom is 0.340 e. The van der Waals surface area contributed by atoms with E-state index < -0.39 is 5.97 Å². The molecule has 186 valence electrons. The van der Waals surface area contributed by atoms with Crippen LogP contribution in [0.25, 0.3) is 11.8 Å². The molecule has 2 heterocycles. The van der Waals surface area contributed by atoms with Gasteiger partial charge in [0.15, 0.2) is 0 Å². The van der Waals surface area contributed by atoms with Crippen molar-refractivity contribution in [3.05, 3.63) is 93.5 Å².